The molecule has 24 heavy (non-hydrogen) atoms. The molecule has 2 aromatic rings. The van der Waals surface area contributed by atoms with Crippen LogP contribution >= 0.6 is 0 Å². The summed E-state index contributed by atoms with van der Waals surface area (Å²) in [7, 11) is -3.58. The summed E-state index contributed by atoms with van der Waals surface area (Å²) in [5.74, 6) is -1.70. The van der Waals surface area contributed by atoms with Crippen LogP contribution in [-0.2, 0) is 14.6 Å². The molecular weight excluding hydrogens is 330 g/mol. The van der Waals surface area contributed by atoms with E-state index in [2.05, 4.69) is 5.32 Å². The fourth-order valence-corrected chi connectivity index (χ4v) is 3.21. The van der Waals surface area contributed by atoms with Crippen molar-refractivity contribution in [2.45, 2.75) is 17.4 Å². The van der Waals surface area contributed by atoms with Crippen LogP contribution < -0.4 is 5.32 Å². The Bertz CT molecular complexity index is 846. The zero-order valence-corrected chi connectivity index (χ0v) is 13.8. The zero-order valence-electron chi connectivity index (χ0n) is 13.0. The highest BCUT2D eigenvalue weighted by atomic mass is 32.2. The van der Waals surface area contributed by atoms with Crippen LogP contribution in [0.1, 0.15) is 28.4 Å². The van der Waals surface area contributed by atoms with Gasteiger partial charge in [-0.1, -0.05) is 42.5 Å². The average Bonchev–Trinajstić information content (AvgIpc) is 2.54. The molecule has 1 unspecified atom stereocenters. The van der Waals surface area contributed by atoms with Gasteiger partial charge >= 0.3 is 5.97 Å². The molecule has 0 aromatic heterocycles. The Kier molecular flexibility index (Phi) is 5.35. The SMILES string of the molecule is CS(=O)(=O)c1ccccc1C(=O)NC(CC(=O)O)c1ccccc1. The quantitative estimate of drug-likeness (QED) is 0.833. The lowest BCUT2D eigenvalue weighted by molar-refractivity contribution is -0.137. The van der Waals surface area contributed by atoms with Gasteiger partial charge in [-0.2, -0.15) is 0 Å². The van der Waals surface area contributed by atoms with Gasteiger partial charge in [0.05, 0.1) is 22.9 Å². The highest BCUT2D eigenvalue weighted by molar-refractivity contribution is 7.90. The van der Waals surface area contributed by atoms with E-state index in [1.807, 2.05) is 0 Å². The minimum atomic E-state index is -3.58. The molecule has 6 nitrogen and oxygen atoms in total. The second kappa shape index (κ2) is 7.27. The molecule has 0 radical (unpaired) electrons. The van der Waals surface area contributed by atoms with E-state index in [-0.39, 0.29) is 16.9 Å². The number of amides is 1. The first kappa shape index (κ1) is 17.7. The summed E-state index contributed by atoms with van der Waals surface area (Å²) in [5, 5.41) is 11.7. The van der Waals surface area contributed by atoms with Gasteiger partial charge in [-0.25, -0.2) is 8.42 Å². The van der Waals surface area contributed by atoms with Gasteiger partial charge < -0.3 is 10.4 Å². The molecule has 0 spiro atoms. The minimum absolute atomic E-state index is 0.00804. The summed E-state index contributed by atoms with van der Waals surface area (Å²) >= 11 is 0. The van der Waals surface area contributed by atoms with Crippen LogP contribution in [0.4, 0.5) is 0 Å². The Morgan fingerprint density at radius 3 is 2.21 bits per heavy atom. The van der Waals surface area contributed by atoms with Crippen LogP contribution in [0, 0.1) is 0 Å². The smallest absolute Gasteiger partial charge is 0.305 e. The van der Waals surface area contributed by atoms with Gasteiger partial charge in [0.15, 0.2) is 9.84 Å². The lowest BCUT2D eigenvalue weighted by Crippen LogP contribution is -2.31. The van der Waals surface area contributed by atoms with Crippen LogP contribution in [-0.4, -0.2) is 31.7 Å². The van der Waals surface area contributed by atoms with Crippen LogP contribution in [0.25, 0.3) is 0 Å². The summed E-state index contributed by atoms with van der Waals surface area (Å²) < 4.78 is 23.6. The molecule has 7 heteroatoms. The van der Waals surface area contributed by atoms with Crippen molar-refractivity contribution in [3.8, 4) is 0 Å². The summed E-state index contributed by atoms with van der Waals surface area (Å²) in [6, 6.07) is 13.7. The van der Waals surface area contributed by atoms with E-state index in [4.69, 9.17) is 5.11 Å². The molecule has 2 aromatic carbocycles. The van der Waals surface area contributed by atoms with E-state index in [0.717, 1.165) is 6.26 Å². The number of nitrogens with one attached hydrogen (secondary N) is 1. The molecule has 1 atom stereocenters. The Morgan fingerprint density at radius 1 is 1.04 bits per heavy atom. The van der Waals surface area contributed by atoms with Gasteiger partial charge in [0, 0.05) is 6.26 Å². The van der Waals surface area contributed by atoms with Crippen molar-refractivity contribution < 1.29 is 23.1 Å². The fourth-order valence-electron chi connectivity index (χ4n) is 2.33. The molecule has 0 saturated carbocycles. The first-order valence-electron chi connectivity index (χ1n) is 7.15. The Balaban J connectivity index is 2.34. The van der Waals surface area contributed by atoms with E-state index >= 15 is 0 Å². The molecule has 0 aliphatic rings. The molecule has 2 N–H and O–H groups in total. The maximum atomic E-state index is 12.5. The lowest BCUT2D eigenvalue weighted by atomic mass is 10.0. The molecule has 0 bridgehead atoms. The van der Waals surface area contributed by atoms with Crippen molar-refractivity contribution in [3.63, 3.8) is 0 Å². The van der Waals surface area contributed by atoms with Crippen LogP contribution in [0.15, 0.2) is 59.5 Å². The van der Waals surface area contributed by atoms with Crippen LogP contribution in [0.3, 0.4) is 0 Å². The van der Waals surface area contributed by atoms with E-state index in [1.165, 1.54) is 18.2 Å². The number of carbonyl (C=O) groups is 2. The van der Waals surface area contributed by atoms with Crippen molar-refractivity contribution in [2.24, 2.45) is 0 Å². The van der Waals surface area contributed by atoms with Crippen molar-refractivity contribution >= 4 is 21.7 Å². The third kappa shape index (κ3) is 4.42. The molecule has 0 saturated heterocycles. The van der Waals surface area contributed by atoms with Gasteiger partial charge in [0.1, 0.15) is 0 Å². The number of aliphatic carboxylic acids is 1. The van der Waals surface area contributed by atoms with Gasteiger partial charge in [0.2, 0.25) is 0 Å². The lowest BCUT2D eigenvalue weighted by Gasteiger charge is -2.18. The summed E-state index contributed by atoms with van der Waals surface area (Å²) in [6.07, 6.45) is 0.710. The summed E-state index contributed by atoms with van der Waals surface area (Å²) in [4.78, 5) is 23.5. The third-order valence-corrected chi connectivity index (χ3v) is 4.57. The number of hydrogen-bond acceptors (Lipinski definition) is 4. The minimum Gasteiger partial charge on any atom is -0.481 e. The predicted molar refractivity (Wildman–Crippen MR) is 88.5 cm³/mol. The topological polar surface area (TPSA) is 101 Å². The van der Waals surface area contributed by atoms with Gasteiger partial charge in [-0.05, 0) is 17.7 Å². The second-order valence-electron chi connectivity index (χ2n) is 5.30. The van der Waals surface area contributed by atoms with Gasteiger partial charge in [-0.15, -0.1) is 0 Å². The fraction of sp³-hybridized carbons (Fsp3) is 0.176. The highest BCUT2D eigenvalue weighted by Gasteiger charge is 2.22. The monoisotopic (exact) mass is 347 g/mol. The zero-order chi connectivity index (χ0) is 17.7. The van der Waals surface area contributed by atoms with Crippen molar-refractivity contribution in [2.75, 3.05) is 6.26 Å². The number of sulfone groups is 1. The predicted octanol–water partition coefficient (Wildman–Crippen LogP) is 2.04. The number of benzene rings is 2. The molecular formula is C17H17NO5S. The molecule has 0 fully saturated rings. The van der Waals surface area contributed by atoms with E-state index in [1.54, 1.807) is 36.4 Å². The van der Waals surface area contributed by atoms with Crippen molar-refractivity contribution in [3.05, 3.63) is 65.7 Å². The molecule has 0 aliphatic heterocycles. The molecule has 126 valence electrons. The summed E-state index contributed by atoms with van der Waals surface area (Å²) in [5.41, 5.74) is 0.622. The van der Waals surface area contributed by atoms with Crippen molar-refractivity contribution in [1.29, 1.82) is 0 Å². The van der Waals surface area contributed by atoms with E-state index in [0.29, 0.717) is 5.56 Å². The maximum Gasteiger partial charge on any atom is 0.305 e. The van der Waals surface area contributed by atoms with Gasteiger partial charge in [-0.3, -0.25) is 9.59 Å². The maximum absolute atomic E-state index is 12.5. The number of hydrogen-bond donors (Lipinski definition) is 2. The number of carbonyl (C=O) groups excluding carboxylic acids is 1. The summed E-state index contributed by atoms with van der Waals surface area (Å²) in [6.45, 7) is 0. The highest BCUT2D eigenvalue weighted by Crippen LogP contribution is 2.20. The largest absolute Gasteiger partial charge is 0.481 e. The molecule has 1 amide bonds. The first-order valence-corrected chi connectivity index (χ1v) is 9.05. The van der Waals surface area contributed by atoms with Gasteiger partial charge in [0.25, 0.3) is 5.91 Å². The van der Waals surface area contributed by atoms with E-state index < -0.39 is 27.8 Å². The molecule has 0 heterocycles. The second-order valence-corrected chi connectivity index (χ2v) is 7.29. The Labute approximate surface area is 140 Å². The molecule has 2 rings (SSSR count). The Morgan fingerprint density at radius 2 is 1.62 bits per heavy atom. The molecule has 0 aliphatic carbocycles. The third-order valence-electron chi connectivity index (χ3n) is 3.42. The van der Waals surface area contributed by atoms with Crippen LogP contribution in [0.2, 0.25) is 0 Å². The first-order chi connectivity index (χ1) is 11.3. The standard InChI is InChI=1S/C17H17NO5S/c1-24(22,23)15-10-6-5-9-13(15)17(21)18-14(11-16(19)20)12-7-3-2-4-8-12/h2-10,14H,11H2,1H3,(H,18,21)(H,19,20). The number of rotatable bonds is 6. The Hall–Kier alpha value is -2.67. The number of carboxylic acids is 1. The normalized spacial score (nSPS) is 12.4. The van der Waals surface area contributed by atoms with Crippen LogP contribution in [0.5, 0.6) is 0 Å². The number of carboxylic acid groups (broad SMARTS) is 1. The average molecular weight is 347 g/mol. The van der Waals surface area contributed by atoms with Crippen molar-refractivity contribution in [1.82, 2.24) is 5.32 Å². The van der Waals surface area contributed by atoms with E-state index in [9.17, 15) is 18.0 Å².